The average molecular weight is 208 g/mol. The van der Waals surface area contributed by atoms with Crippen molar-refractivity contribution in [1.82, 2.24) is 0 Å². The Balaban J connectivity index is 0. The highest BCUT2D eigenvalue weighted by molar-refractivity contribution is 4.65. The number of hydrogen-bond acceptors (Lipinski definition) is 0. The Labute approximate surface area is 88.1 Å². The van der Waals surface area contributed by atoms with Gasteiger partial charge in [0.15, 0.2) is 0 Å². The van der Waals surface area contributed by atoms with E-state index in [1.807, 2.05) is 0 Å². The molecule has 0 N–H and O–H groups in total. The van der Waals surface area contributed by atoms with Crippen LogP contribution < -0.4 is 0 Å². The summed E-state index contributed by atoms with van der Waals surface area (Å²) in [7, 11) is 0. The Hall–Kier alpha value is -0.140. The second-order valence-corrected chi connectivity index (χ2v) is 4.84. The molecule has 0 bridgehead atoms. The van der Waals surface area contributed by atoms with Crippen LogP contribution >= 0.6 is 0 Å². The molecule has 0 saturated heterocycles. The lowest BCUT2D eigenvalue weighted by atomic mass is 10.3. The summed E-state index contributed by atoms with van der Waals surface area (Å²) < 4.78 is 22.9. The van der Waals surface area contributed by atoms with Crippen LogP contribution in [-0.4, -0.2) is 5.92 Å². The molecule has 0 aromatic rings. The van der Waals surface area contributed by atoms with Crippen LogP contribution in [0.15, 0.2) is 0 Å². The highest BCUT2D eigenvalue weighted by Crippen LogP contribution is 2.26. The highest BCUT2D eigenvalue weighted by atomic mass is 19.3. The Morgan fingerprint density at radius 1 is 1.21 bits per heavy atom. The van der Waals surface area contributed by atoms with Gasteiger partial charge >= 0.3 is 0 Å². The summed E-state index contributed by atoms with van der Waals surface area (Å²) in [5.41, 5.74) is 0. The molecule has 1 rings (SSSR count). The first kappa shape index (κ1) is 16.3. The minimum atomic E-state index is -2.46. The summed E-state index contributed by atoms with van der Waals surface area (Å²) in [6.07, 6.45) is 2.91. The van der Waals surface area contributed by atoms with E-state index in [0.717, 1.165) is 18.8 Å². The molecule has 0 spiro atoms. The van der Waals surface area contributed by atoms with Gasteiger partial charge in [0, 0.05) is 6.42 Å². The molecule has 1 fully saturated rings. The summed E-state index contributed by atoms with van der Waals surface area (Å²) in [5.74, 6) is -0.542. The molecular formula is C12H26F2. The predicted molar refractivity (Wildman–Crippen MR) is 59.8 cm³/mol. The van der Waals surface area contributed by atoms with Gasteiger partial charge in [0.05, 0.1) is 0 Å². The first-order chi connectivity index (χ1) is 6.19. The Morgan fingerprint density at radius 2 is 1.36 bits per heavy atom. The van der Waals surface area contributed by atoms with E-state index in [0.29, 0.717) is 0 Å². The van der Waals surface area contributed by atoms with Gasteiger partial charge in [-0.05, 0) is 18.8 Å². The summed E-state index contributed by atoms with van der Waals surface area (Å²) >= 11 is 0. The van der Waals surface area contributed by atoms with Crippen molar-refractivity contribution in [2.75, 3.05) is 0 Å². The van der Waals surface area contributed by atoms with Crippen LogP contribution in [0.2, 0.25) is 0 Å². The Bertz CT molecular complexity index is 107. The van der Waals surface area contributed by atoms with E-state index >= 15 is 0 Å². The van der Waals surface area contributed by atoms with Crippen molar-refractivity contribution >= 4 is 0 Å². The van der Waals surface area contributed by atoms with Gasteiger partial charge < -0.3 is 0 Å². The molecule has 14 heavy (non-hydrogen) atoms. The van der Waals surface area contributed by atoms with Crippen molar-refractivity contribution in [2.45, 2.75) is 66.7 Å². The van der Waals surface area contributed by atoms with Crippen LogP contribution in [-0.2, 0) is 0 Å². The molecule has 0 radical (unpaired) electrons. The fourth-order valence-corrected chi connectivity index (χ4v) is 0.167. The van der Waals surface area contributed by atoms with Gasteiger partial charge in [-0.3, -0.25) is 0 Å². The van der Waals surface area contributed by atoms with Crippen LogP contribution in [0.5, 0.6) is 0 Å². The van der Waals surface area contributed by atoms with E-state index in [1.54, 1.807) is 0 Å². The van der Waals surface area contributed by atoms with Gasteiger partial charge in [-0.15, -0.1) is 0 Å². The van der Waals surface area contributed by atoms with E-state index < -0.39 is 5.92 Å². The first-order valence-corrected chi connectivity index (χ1v) is 5.56. The summed E-state index contributed by atoms with van der Waals surface area (Å²) in [4.78, 5) is 0. The molecule has 0 unspecified atom stereocenters. The van der Waals surface area contributed by atoms with Gasteiger partial charge in [0.25, 0.3) is 0 Å². The van der Waals surface area contributed by atoms with Gasteiger partial charge in [-0.2, -0.15) is 0 Å². The standard InChI is InChI=1S/C4H8F2.C4H8.C4H10/c1-3-4(2,5)6;1-4-2-3-4;1-4(2)3/h3H2,1-2H3;4H,2-3H2,1H3;4H,1-3H3. The number of rotatable bonds is 1. The number of hydrogen-bond donors (Lipinski definition) is 0. The molecule has 0 aromatic carbocycles. The second-order valence-electron chi connectivity index (χ2n) is 4.84. The van der Waals surface area contributed by atoms with Crippen molar-refractivity contribution in [3.05, 3.63) is 0 Å². The largest absolute Gasteiger partial charge is 0.245 e. The molecule has 0 aliphatic heterocycles. The summed E-state index contributed by atoms with van der Waals surface area (Å²) in [5, 5.41) is 0. The smallest absolute Gasteiger partial charge is 0.207 e. The highest BCUT2D eigenvalue weighted by Gasteiger charge is 2.15. The molecule has 1 aliphatic carbocycles. The van der Waals surface area contributed by atoms with Gasteiger partial charge in [-0.1, -0.05) is 47.5 Å². The third-order valence-electron chi connectivity index (χ3n) is 1.49. The molecule has 1 aliphatic rings. The van der Waals surface area contributed by atoms with E-state index in [-0.39, 0.29) is 6.42 Å². The zero-order valence-electron chi connectivity index (χ0n) is 10.5. The fourth-order valence-electron chi connectivity index (χ4n) is 0.167. The molecule has 0 aromatic heterocycles. The zero-order chi connectivity index (χ0) is 11.8. The maximum Gasteiger partial charge on any atom is 0.245 e. The fraction of sp³-hybridized carbons (Fsp3) is 1.00. The van der Waals surface area contributed by atoms with Crippen LogP contribution in [0.4, 0.5) is 8.78 Å². The van der Waals surface area contributed by atoms with Crippen molar-refractivity contribution < 1.29 is 8.78 Å². The first-order valence-electron chi connectivity index (χ1n) is 5.56. The molecule has 0 amide bonds. The maximum atomic E-state index is 11.5. The molecule has 0 heterocycles. The van der Waals surface area contributed by atoms with Crippen molar-refractivity contribution in [3.63, 3.8) is 0 Å². The normalized spacial score (nSPS) is 15.2. The maximum absolute atomic E-state index is 11.5. The SMILES string of the molecule is CC(C)C.CC1CC1.CCC(C)(F)F. The van der Waals surface area contributed by atoms with E-state index in [1.165, 1.54) is 19.8 Å². The van der Waals surface area contributed by atoms with Crippen LogP contribution in [0.25, 0.3) is 0 Å². The molecule has 2 heteroatoms. The van der Waals surface area contributed by atoms with Crippen molar-refractivity contribution in [2.24, 2.45) is 11.8 Å². The van der Waals surface area contributed by atoms with E-state index in [2.05, 4.69) is 27.7 Å². The number of alkyl halides is 2. The van der Waals surface area contributed by atoms with Crippen LogP contribution in [0.1, 0.15) is 60.8 Å². The second kappa shape index (κ2) is 8.19. The minimum Gasteiger partial charge on any atom is -0.207 e. The number of halogens is 2. The van der Waals surface area contributed by atoms with Crippen LogP contribution in [0, 0.1) is 11.8 Å². The summed E-state index contributed by atoms with van der Waals surface area (Å²) in [6, 6.07) is 0. The Kier molecular flexibility index (Phi) is 9.53. The van der Waals surface area contributed by atoms with Gasteiger partial charge in [-0.25, -0.2) is 8.78 Å². The lowest BCUT2D eigenvalue weighted by molar-refractivity contribution is 0.0181. The Morgan fingerprint density at radius 3 is 1.36 bits per heavy atom. The monoisotopic (exact) mass is 208 g/mol. The van der Waals surface area contributed by atoms with E-state index in [4.69, 9.17) is 0 Å². The van der Waals surface area contributed by atoms with Gasteiger partial charge in [0.1, 0.15) is 0 Å². The minimum absolute atomic E-state index is 0.0625. The van der Waals surface area contributed by atoms with Crippen molar-refractivity contribution in [3.8, 4) is 0 Å². The topological polar surface area (TPSA) is 0 Å². The molecule has 0 nitrogen and oxygen atoms in total. The zero-order valence-corrected chi connectivity index (χ0v) is 10.5. The molecule has 1 saturated carbocycles. The summed E-state index contributed by atoms with van der Waals surface area (Å²) in [6.45, 7) is 11.1. The van der Waals surface area contributed by atoms with Crippen molar-refractivity contribution in [1.29, 1.82) is 0 Å². The lowest BCUT2D eigenvalue weighted by Crippen LogP contribution is -2.05. The average Bonchev–Trinajstić information content (AvgIpc) is 2.70. The third kappa shape index (κ3) is 40.7. The molecule has 88 valence electrons. The predicted octanol–water partition coefficient (Wildman–Crippen LogP) is 5.13. The third-order valence-corrected chi connectivity index (χ3v) is 1.49. The van der Waals surface area contributed by atoms with Gasteiger partial charge in [0.2, 0.25) is 5.92 Å². The van der Waals surface area contributed by atoms with Crippen LogP contribution in [0.3, 0.4) is 0 Å². The quantitative estimate of drug-likeness (QED) is 0.560. The molecular weight excluding hydrogens is 182 g/mol. The van der Waals surface area contributed by atoms with E-state index in [9.17, 15) is 8.78 Å². The molecule has 0 atom stereocenters. The lowest BCUT2D eigenvalue weighted by Gasteiger charge is -2.02.